The van der Waals surface area contributed by atoms with E-state index in [1.807, 2.05) is 38.1 Å². The van der Waals surface area contributed by atoms with Gasteiger partial charge in [-0.25, -0.2) is 0 Å². The third-order valence-electron chi connectivity index (χ3n) is 3.13. The van der Waals surface area contributed by atoms with Crippen molar-refractivity contribution in [2.75, 3.05) is 0 Å². The van der Waals surface area contributed by atoms with Crippen LogP contribution in [0, 0.1) is 5.92 Å². The molecular weight excluding hydrogens is 220 g/mol. The number of fused-ring (bicyclic) bond motifs is 1. The Balaban J connectivity index is 2.32. The molecule has 1 heteroatoms. The molecule has 1 unspecified atom stereocenters. The molecule has 0 bridgehead atoms. The first-order valence-electron chi connectivity index (χ1n) is 6.51. The predicted molar refractivity (Wildman–Crippen MR) is 77.5 cm³/mol. The van der Waals surface area contributed by atoms with Gasteiger partial charge in [-0.3, -0.25) is 0 Å². The van der Waals surface area contributed by atoms with Gasteiger partial charge in [-0.1, -0.05) is 37.3 Å². The van der Waals surface area contributed by atoms with Crippen LogP contribution in [0.2, 0.25) is 0 Å². The number of hydrogen-bond acceptors (Lipinski definition) is 1. The van der Waals surface area contributed by atoms with Crippen molar-refractivity contribution < 1.29 is 4.74 Å². The Morgan fingerprint density at radius 3 is 2.89 bits per heavy atom. The molecule has 0 aliphatic heterocycles. The van der Waals surface area contributed by atoms with Gasteiger partial charge < -0.3 is 4.74 Å². The highest BCUT2D eigenvalue weighted by Gasteiger charge is 2.14. The smallest absolute Gasteiger partial charge is 0.134 e. The molecule has 1 aliphatic carbocycles. The Morgan fingerprint density at radius 2 is 2.17 bits per heavy atom. The third-order valence-corrected chi connectivity index (χ3v) is 3.13. The van der Waals surface area contributed by atoms with E-state index in [1.54, 1.807) is 0 Å². The second-order valence-electron chi connectivity index (χ2n) is 4.66. The van der Waals surface area contributed by atoms with Gasteiger partial charge in [-0.05, 0) is 50.0 Å². The minimum atomic E-state index is 0.615. The lowest BCUT2D eigenvalue weighted by molar-refractivity contribution is 0.441. The number of rotatable bonds is 3. The van der Waals surface area contributed by atoms with Crippen LogP contribution in [0.5, 0.6) is 5.75 Å². The van der Waals surface area contributed by atoms with Crippen LogP contribution in [-0.4, -0.2) is 0 Å². The van der Waals surface area contributed by atoms with Gasteiger partial charge in [0.15, 0.2) is 0 Å². The Labute approximate surface area is 109 Å². The van der Waals surface area contributed by atoms with Crippen molar-refractivity contribution in [3.63, 3.8) is 0 Å². The highest BCUT2D eigenvalue weighted by atomic mass is 16.5. The molecule has 1 aromatic rings. The number of benzene rings is 1. The van der Waals surface area contributed by atoms with Crippen molar-refractivity contribution in [2.45, 2.75) is 27.2 Å². The summed E-state index contributed by atoms with van der Waals surface area (Å²) in [6.45, 7) is 6.22. The van der Waals surface area contributed by atoms with Crippen molar-refractivity contribution in [3.05, 3.63) is 59.4 Å². The minimum Gasteiger partial charge on any atom is -0.457 e. The minimum absolute atomic E-state index is 0.615. The van der Waals surface area contributed by atoms with Crippen LogP contribution in [0.3, 0.4) is 0 Å². The van der Waals surface area contributed by atoms with E-state index >= 15 is 0 Å². The number of allylic oxidation sites excluding steroid dienone is 4. The van der Waals surface area contributed by atoms with Crippen LogP contribution in [0.1, 0.15) is 31.9 Å². The molecule has 0 amide bonds. The first-order valence-corrected chi connectivity index (χ1v) is 6.51. The quantitative estimate of drug-likeness (QED) is 0.547. The average Bonchev–Trinajstić information content (AvgIpc) is 2.38. The van der Waals surface area contributed by atoms with Gasteiger partial charge in [0, 0.05) is 5.56 Å². The zero-order valence-corrected chi connectivity index (χ0v) is 11.3. The van der Waals surface area contributed by atoms with E-state index in [1.165, 1.54) is 11.1 Å². The summed E-state index contributed by atoms with van der Waals surface area (Å²) >= 11 is 0. The zero-order chi connectivity index (χ0) is 13.0. The summed E-state index contributed by atoms with van der Waals surface area (Å²) in [6, 6.07) is 6.29. The maximum Gasteiger partial charge on any atom is 0.134 e. The highest BCUT2D eigenvalue weighted by Crippen LogP contribution is 2.31. The molecule has 0 saturated heterocycles. The molecule has 0 fully saturated rings. The fraction of sp³-hybridized carbons (Fsp3) is 0.294. The van der Waals surface area contributed by atoms with Gasteiger partial charge in [0.2, 0.25) is 0 Å². The van der Waals surface area contributed by atoms with Crippen LogP contribution >= 0.6 is 0 Å². The van der Waals surface area contributed by atoms with E-state index in [4.69, 9.17) is 4.74 Å². The van der Waals surface area contributed by atoms with Crippen LogP contribution in [0.25, 0.3) is 6.08 Å². The van der Waals surface area contributed by atoms with Crippen LogP contribution in [-0.2, 0) is 6.42 Å². The molecule has 1 nitrogen and oxygen atoms in total. The van der Waals surface area contributed by atoms with Crippen LogP contribution in [0.15, 0.2) is 48.3 Å². The number of ether oxygens (including phenoxy) is 1. The Bertz CT molecular complexity index is 506. The molecule has 1 aliphatic rings. The Kier molecular flexibility index (Phi) is 4.03. The second kappa shape index (κ2) is 5.72. The molecule has 94 valence electrons. The van der Waals surface area contributed by atoms with E-state index in [2.05, 4.69) is 31.2 Å². The van der Waals surface area contributed by atoms with E-state index in [-0.39, 0.29) is 0 Å². The molecular formula is C17H20O. The fourth-order valence-electron chi connectivity index (χ4n) is 2.20. The molecule has 2 rings (SSSR count). The first-order chi connectivity index (χ1) is 8.74. The summed E-state index contributed by atoms with van der Waals surface area (Å²) in [5.74, 6) is 2.45. The van der Waals surface area contributed by atoms with Crippen LogP contribution in [0.4, 0.5) is 0 Å². The molecule has 0 aromatic heterocycles. The zero-order valence-electron chi connectivity index (χ0n) is 11.3. The van der Waals surface area contributed by atoms with Crippen molar-refractivity contribution in [1.82, 2.24) is 0 Å². The van der Waals surface area contributed by atoms with E-state index in [0.29, 0.717) is 5.92 Å². The predicted octanol–water partition coefficient (Wildman–Crippen LogP) is 4.75. The highest BCUT2D eigenvalue weighted by molar-refractivity contribution is 5.64. The standard InChI is InChI=1S/C17H20O/c1-4-7-15(5-2)18-17-9-6-8-14-12-13(3)10-11-16(14)17/h4-11,13H,12H2,1-3H3/b7-4-,15-5+. The maximum absolute atomic E-state index is 5.96. The van der Waals surface area contributed by atoms with Crippen molar-refractivity contribution in [1.29, 1.82) is 0 Å². The molecule has 18 heavy (non-hydrogen) atoms. The summed E-state index contributed by atoms with van der Waals surface area (Å²) in [6.07, 6.45) is 11.5. The van der Waals surface area contributed by atoms with Gasteiger partial charge in [0.25, 0.3) is 0 Å². The summed E-state index contributed by atoms with van der Waals surface area (Å²) in [7, 11) is 0. The summed E-state index contributed by atoms with van der Waals surface area (Å²) in [4.78, 5) is 0. The van der Waals surface area contributed by atoms with Gasteiger partial charge >= 0.3 is 0 Å². The van der Waals surface area contributed by atoms with Crippen molar-refractivity contribution in [3.8, 4) is 5.75 Å². The normalized spacial score (nSPS) is 19.1. The molecule has 0 heterocycles. The Hall–Kier alpha value is -1.76. The van der Waals surface area contributed by atoms with Crippen molar-refractivity contribution in [2.24, 2.45) is 5.92 Å². The fourth-order valence-corrected chi connectivity index (χ4v) is 2.20. The summed E-state index contributed by atoms with van der Waals surface area (Å²) < 4.78 is 5.96. The van der Waals surface area contributed by atoms with Gasteiger partial charge in [-0.15, -0.1) is 0 Å². The van der Waals surface area contributed by atoms with Gasteiger partial charge in [-0.2, -0.15) is 0 Å². The van der Waals surface area contributed by atoms with E-state index in [9.17, 15) is 0 Å². The summed E-state index contributed by atoms with van der Waals surface area (Å²) in [5, 5.41) is 0. The lowest BCUT2D eigenvalue weighted by atomic mass is 9.90. The second-order valence-corrected chi connectivity index (χ2v) is 4.66. The molecule has 1 aromatic carbocycles. The molecule has 0 N–H and O–H groups in total. The lowest BCUT2D eigenvalue weighted by Crippen LogP contribution is -2.05. The molecule has 0 saturated carbocycles. The van der Waals surface area contributed by atoms with Gasteiger partial charge in [0.1, 0.15) is 11.5 Å². The van der Waals surface area contributed by atoms with E-state index < -0.39 is 0 Å². The third kappa shape index (κ3) is 2.73. The van der Waals surface area contributed by atoms with Crippen molar-refractivity contribution >= 4 is 6.08 Å². The SMILES string of the molecule is C/C=C\C(=C/C)Oc1cccc2c1C=CC(C)C2. The monoisotopic (exact) mass is 240 g/mol. The first kappa shape index (κ1) is 12.7. The average molecular weight is 240 g/mol. The molecule has 0 radical (unpaired) electrons. The lowest BCUT2D eigenvalue weighted by Gasteiger charge is -2.19. The molecule has 1 atom stereocenters. The van der Waals surface area contributed by atoms with Gasteiger partial charge in [0.05, 0.1) is 0 Å². The maximum atomic E-state index is 5.96. The number of hydrogen-bond donors (Lipinski definition) is 0. The summed E-state index contributed by atoms with van der Waals surface area (Å²) in [5.41, 5.74) is 2.60. The largest absolute Gasteiger partial charge is 0.457 e. The van der Waals surface area contributed by atoms with E-state index in [0.717, 1.165) is 17.9 Å². The Morgan fingerprint density at radius 1 is 1.33 bits per heavy atom. The topological polar surface area (TPSA) is 9.23 Å². The molecule has 0 spiro atoms. The van der Waals surface area contributed by atoms with Crippen LogP contribution < -0.4 is 4.74 Å².